The smallest absolute Gasteiger partial charge is 0.415 e. The van der Waals surface area contributed by atoms with Crippen LogP contribution in [0.5, 0.6) is 0 Å². The van der Waals surface area contributed by atoms with E-state index in [-0.39, 0.29) is 32.6 Å². The van der Waals surface area contributed by atoms with Crippen molar-refractivity contribution in [1.82, 2.24) is 0 Å². The van der Waals surface area contributed by atoms with Crippen LogP contribution in [0.15, 0.2) is 121 Å². The first-order chi connectivity index (χ1) is 20.6. The van der Waals surface area contributed by atoms with Crippen LogP contribution in [-0.4, -0.2) is 24.4 Å². The van der Waals surface area contributed by atoms with Gasteiger partial charge in [0.05, 0.1) is 6.43 Å². The van der Waals surface area contributed by atoms with Gasteiger partial charge in [-0.25, -0.2) is 8.78 Å². The molecule has 1 aliphatic rings. The molecule has 1 fully saturated rings. The van der Waals surface area contributed by atoms with Crippen LogP contribution in [-0.2, 0) is 16.8 Å². The van der Waals surface area contributed by atoms with Crippen LogP contribution >= 0.6 is 15.8 Å². The van der Waals surface area contributed by atoms with E-state index in [1.165, 1.54) is 65.6 Å². The van der Waals surface area contributed by atoms with Gasteiger partial charge in [-0.05, 0) is 49.4 Å². The monoisotopic (exact) mass is 696 g/mol. The normalized spacial score (nSPS) is 13.0. The van der Waals surface area contributed by atoms with Gasteiger partial charge in [0, 0.05) is 16.8 Å². The van der Waals surface area contributed by atoms with Gasteiger partial charge >= 0.3 is 6.18 Å². The van der Waals surface area contributed by atoms with Crippen molar-refractivity contribution in [2.75, 3.05) is 12.3 Å². The molecule has 4 aromatic rings. The molecular weight excluding hydrogens is 662 g/mol. The molecule has 0 heterocycles. The zero-order valence-electron chi connectivity index (χ0n) is 23.9. The maximum absolute atomic E-state index is 11.1. The minimum absolute atomic E-state index is 0. The molecule has 4 aromatic carbocycles. The van der Waals surface area contributed by atoms with Crippen LogP contribution in [0.1, 0.15) is 32.1 Å². The van der Waals surface area contributed by atoms with Crippen LogP contribution in [0.4, 0.5) is 30.7 Å². The van der Waals surface area contributed by atoms with E-state index in [1.54, 1.807) is 0 Å². The predicted molar refractivity (Wildman–Crippen MR) is 167 cm³/mol. The Morgan fingerprint density at radius 1 is 0.455 bits per heavy atom. The molecule has 0 aromatic heterocycles. The van der Waals surface area contributed by atoms with Gasteiger partial charge in [-0.1, -0.05) is 153 Å². The van der Waals surface area contributed by atoms with E-state index < -0.39 is 18.5 Å². The molecule has 0 saturated heterocycles. The molecule has 239 valence electrons. The summed E-state index contributed by atoms with van der Waals surface area (Å²) in [5, 5.41) is 5.89. The standard InChI is InChI=1S/C26H24P2.C5H10.C3F7.Co/c1-5-13-23(14-6-1)27(24-15-7-2-8-16-24)21-22-28(25-17-9-3-10-18-25)26-19-11-4-12-20-26;1-2-4-5-3-1;4-1(5)2(6,7)3(8,9)10;/h1-20H,21-22H2;1-5H2;;/q;;-1;. The van der Waals surface area contributed by atoms with Gasteiger partial charge in [0.25, 0.3) is 5.92 Å². The summed E-state index contributed by atoms with van der Waals surface area (Å²) in [5.74, 6) is -5.98. The molecule has 0 aliphatic heterocycles. The molecule has 0 bridgehead atoms. The summed E-state index contributed by atoms with van der Waals surface area (Å²) < 4.78 is 76.3. The van der Waals surface area contributed by atoms with Crippen LogP contribution in [0.25, 0.3) is 0 Å². The minimum atomic E-state index is -6.20. The molecule has 1 radical (unpaired) electrons. The topological polar surface area (TPSA) is 0 Å². The van der Waals surface area contributed by atoms with Crippen LogP contribution in [0, 0.1) is 6.43 Å². The number of rotatable bonds is 8. The Morgan fingerprint density at radius 2 is 0.682 bits per heavy atom. The molecule has 0 N–H and O–H groups in total. The fraction of sp³-hybridized carbons (Fsp3) is 0.265. The van der Waals surface area contributed by atoms with Gasteiger partial charge in [0.15, 0.2) is 0 Å². The minimum Gasteiger partial charge on any atom is -0.415 e. The summed E-state index contributed by atoms with van der Waals surface area (Å²) in [6, 6.07) is 44.2. The van der Waals surface area contributed by atoms with Gasteiger partial charge in [0.2, 0.25) is 0 Å². The SMILES string of the molecule is C1CCCC1.F[C-](F)C(F)(F)C(F)(F)F.[Co].c1ccc(P(CCP(c2ccccc2)c2ccccc2)c2ccccc2)cc1. The second kappa shape index (κ2) is 19.3. The molecular formula is C34H34CoF7P2-. The van der Waals surface area contributed by atoms with Gasteiger partial charge in [-0.15, -0.1) is 0 Å². The molecule has 0 spiro atoms. The Hall–Kier alpha value is -2.24. The first kappa shape index (κ1) is 37.9. The van der Waals surface area contributed by atoms with Crippen molar-refractivity contribution in [3.8, 4) is 0 Å². The van der Waals surface area contributed by atoms with Crippen molar-refractivity contribution in [2.45, 2.75) is 44.2 Å². The molecule has 1 aliphatic carbocycles. The van der Waals surface area contributed by atoms with Crippen molar-refractivity contribution in [3.63, 3.8) is 0 Å². The Labute approximate surface area is 268 Å². The summed E-state index contributed by atoms with van der Waals surface area (Å²) in [4.78, 5) is 0. The van der Waals surface area contributed by atoms with E-state index >= 15 is 0 Å². The first-order valence-corrected chi connectivity index (χ1v) is 17.0. The van der Waals surface area contributed by atoms with Gasteiger partial charge in [0.1, 0.15) is 0 Å². The molecule has 44 heavy (non-hydrogen) atoms. The Bertz CT molecular complexity index is 1120. The van der Waals surface area contributed by atoms with E-state index in [4.69, 9.17) is 0 Å². The summed E-state index contributed by atoms with van der Waals surface area (Å²) in [6.45, 7) is 0. The fourth-order valence-corrected chi connectivity index (χ4v) is 9.79. The maximum Gasteiger partial charge on any atom is 0.427 e. The van der Waals surface area contributed by atoms with Crippen LogP contribution in [0.3, 0.4) is 0 Å². The van der Waals surface area contributed by atoms with Crippen LogP contribution in [0.2, 0.25) is 0 Å². The fourth-order valence-electron chi connectivity index (χ4n) is 4.44. The molecule has 0 nitrogen and oxygen atoms in total. The third kappa shape index (κ3) is 11.9. The summed E-state index contributed by atoms with van der Waals surface area (Å²) in [6.07, 6.45) is -0.233. The number of hydrogen-bond donors (Lipinski definition) is 0. The Kier molecular flexibility index (Phi) is 16.7. The molecule has 0 unspecified atom stereocenters. The van der Waals surface area contributed by atoms with Crippen molar-refractivity contribution in [1.29, 1.82) is 0 Å². The van der Waals surface area contributed by atoms with E-state index in [2.05, 4.69) is 121 Å². The van der Waals surface area contributed by atoms with Gasteiger partial charge in [-0.2, -0.15) is 13.2 Å². The molecule has 0 amide bonds. The summed E-state index contributed by atoms with van der Waals surface area (Å²) in [5.41, 5.74) is 0. The van der Waals surface area contributed by atoms with E-state index in [1.807, 2.05) is 0 Å². The van der Waals surface area contributed by atoms with Crippen molar-refractivity contribution >= 4 is 37.1 Å². The van der Waals surface area contributed by atoms with E-state index in [0.717, 1.165) is 0 Å². The van der Waals surface area contributed by atoms with Crippen molar-refractivity contribution in [2.24, 2.45) is 0 Å². The predicted octanol–water partition coefficient (Wildman–Crippen LogP) is 9.81. The molecule has 1 saturated carbocycles. The van der Waals surface area contributed by atoms with E-state index in [0.29, 0.717) is 0 Å². The average molecular weight is 697 g/mol. The van der Waals surface area contributed by atoms with E-state index in [9.17, 15) is 30.7 Å². The summed E-state index contributed by atoms with van der Waals surface area (Å²) >= 11 is 0. The molecule has 0 atom stereocenters. The zero-order valence-corrected chi connectivity index (χ0v) is 26.7. The zero-order chi connectivity index (χ0) is 31.1. The van der Waals surface area contributed by atoms with Crippen molar-refractivity contribution < 1.29 is 47.5 Å². The number of hydrogen-bond acceptors (Lipinski definition) is 0. The third-order valence-corrected chi connectivity index (χ3v) is 12.0. The Balaban J connectivity index is 0.000000350. The van der Waals surface area contributed by atoms with Gasteiger partial charge < -0.3 is 8.78 Å². The number of alkyl halides is 5. The summed E-state index contributed by atoms with van der Waals surface area (Å²) in [7, 11) is -0.696. The molecule has 5 rings (SSSR count). The first-order valence-electron chi connectivity index (χ1n) is 14.0. The quantitative estimate of drug-likeness (QED) is 0.0978. The van der Waals surface area contributed by atoms with Crippen molar-refractivity contribution in [3.05, 3.63) is 128 Å². The Morgan fingerprint density at radius 3 is 0.841 bits per heavy atom. The second-order valence-corrected chi connectivity index (χ2v) is 14.4. The number of halogens is 7. The largest absolute Gasteiger partial charge is 0.427 e. The third-order valence-electron chi connectivity index (χ3n) is 6.66. The maximum atomic E-state index is 11.1. The average Bonchev–Trinajstić information content (AvgIpc) is 3.62. The molecule has 10 heteroatoms. The second-order valence-electron chi connectivity index (χ2n) is 9.75. The number of benzene rings is 4. The van der Waals surface area contributed by atoms with Gasteiger partial charge in [-0.3, -0.25) is 0 Å². The van der Waals surface area contributed by atoms with Crippen LogP contribution < -0.4 is 21.2 Å².